The molecule has 1 unspecified atom stereocenters. The number of fused-ring (bicyclic) bond motifs is 1. The second-order valence-corrected chi connectivity index (χ2v) is 11.3. The van der Waals surface area contributed by atoms with Crippen molar-refractivity contribution in [3.8, 4) is 0 Å². The fourth-order valence-corrected chi connectivity index (χ4v) is 5.29. The van der Waals surface area contributed by atoms with E-state index in [1.54, 1.807) is 0 Å². The van der Waals surface area contributed by atoms with Gasteiger partial charge in [-0.2, -0.15) is 0 Å². The molecule has 4 rings (SSSR count). The quantitative estimate of drug-likeness (QED) is 0.658. The van der Waals surface area contributed by atoms with Gasteiger partial charge < -0.3 is 20.9 Å². The molecule has 3 amide bonds. The van der Waals surface area contributed by atoms with E-state index in [4.69, 9.17) is 5.73 Å². The lowest BCUT2D eigenvalue weighted by Gasteiger charge is -2.34. The molecule has 3 heterocycles. The molecule has 0 bridgehead atoms. The topological polar surface area (TPSA) is 109 Å². The first-order valence-corrected chi connectivity index (χ1v) is 12.6. The Labute approximate surface area is 208 Å². The van der Waals surface area contributed by atoms with Crippen LogP contribution in [0.15, 0.2) is 36.5 Å². The minimum Gasteiger partial charge on any atom is -0.336 e. The second kappa shape index (κ2) is 9.97. The highest BCUT2D eigenvalue weighted by Crippen LogP contribution is 2.37. The third-order valence-corrected chi connectivity index (χ3v) is 7.13. The summed E-state index contributed by atoms with van der Waals surface area (Å²) >= 11 is 0. The smallest absolute Gasteiger partial charge is 0.317 e. The van der Waals surface area contributed by atoms with Crippen LogP contribution in [0.5, 0.6) is 0 Å². The van der Waals surface area contributed by atoms with E-state index >= 15 is 0 Å². The number of carbonyl (C=O) groups is 2. The van der Waals surface area contributed by atoms with Gasteiger partial charge in [0.2, 0.25) is 5.91 Å². The van der Waals surface area contributed by atoms with Gasteiger partial charge in [0.1, 0.15) is 0 Å². The Morgan fingerprint density at radius 2 is 1.89 bits per heavy atom. The van der Waals surface area contributed by atoms with Crippen LogP contribution in [0.3, 0.4) is 0 Å². The number of nitrogens with zero attached hydrogens (tertiary/aromatic N) is 5. The number of hydrogen-bond donors (Lipinski definition) is 2. The largest absolute Gasteiger partial charge is 0.336 e. The highest BCUT2D eigenvalue weighted by Gasteiger charge is 2.53. The van der Waals surface area contributed by atoms with Gasteiger partial charge in [-0.3, -0.25) is 9.48 Å². The molecular formula is C26H39N7O2. The highest BCUT2D eigenvalue weighted by atomic mass is 16.2. The maximum atomic E-state index is 13.4. The van der Waals surface area contributed by atoms with Crippen molar-refractivity contribution >= 4 is 11.9 Å². The third kappa shape index (κ3) is 5.50. The van der Waals surface area contributed by atoms with Crippen LogP contribution in [0.4, 0.5) is 4.79 Å². The number of urea groups is 1. The van der Waals surface area contributed by atoms with Crippen LogP contribution in [0.2, 0.25) is 0 Å². The molecule has 1 aromatic carbocycles. The number of nitrogens with one attached hydrogen (secondary N) is 1. The molecule has 2 aliphatic heterocycles. The van der Waals surface area contributed by atoms with Crippen molar-refractivity contribution in [1.29, 1.82) is 0 Å². The lowest BCUT2D eigenvalue weighted by atomic mass is 9.86. The van der Waals surface area contributed by atoms with Crippen molar-refractivity contribution in [1.82, 2.24) is 30.1 Å². The van der Waals surface area contributed by atoms with Crippen LogP contribution in [0, 0.1) is 11.3 Å². The van der Waals surface area contributed by atoms with E-state index in [9.17, 15) is 9.59 Å². The van der Waals surface area contributed by atoms with E-state index in [-0.39, 0.29) is 41.4 Å². The zero-order chi connectivity index (χ0) is 25.3. The summed E-state index contributed by atoms with van der Waals surface area (Å²) in [4.78, 5) is 30.3. The predicted molar refractivity (Wildman–Crippen MR) is 134 cm³/mol. The van der Waals surface area contributed by atoms with Crippen molar-refractivity contribution in [2.75, 3.05) is 13.1 Å². The SMILES string of the molecule is CC(C)NC(=O)N1C[C@H](Cn2cc(Cc3ccccc3)nn2)C2[C@H]1CCN2C(=O)[C@@H](N)C(C)(C)C. The zero-order valence-corrected chi connectivity index (χ0v) is 21.5. The van der Waals surface area contributed by atoms with Crippen LogP contribution in [0.1, 0.15) is 52.3 Å². The van der Waals surface area contributed by atoms with Crippen molar-refractivity contribution in [3.05, 3.63) is 47.8 Å². The summed E-state index contributed by atoms with van der Waals surface area (Å²) < 4.78 is 1.86. The van der Waals surface area contributed by atoms with Gasteiger partial charge >= 0.3 is 6.03 Å². The van der Waals surface area contributed by atoms with Gasteiger partial charge in [-0.25, -0.2) is 4.79 Å². The van der Waals surface area contributed by atoms with E-state index in [1.807, 2.05) is 73.5 Å². The monoisotopic (exact) mass is 481 g/mol. The predicted octanol–water partition coefficient (Wildman–Crippen LogP) is 2.26. The molecule has 2 aliphatic rings. The zero-order valence-electron chi connectivity index (χ0n) is 21.5. The summed E-state index contributed by atoms with van der Waals surface area (Å²) in [5, 5.41) is 11.8. The first kappa shape index (κ1) is 25.2. The van der Waals surface area contributed by atoms with Crippen LogP contribution < -0.4 is 11.1 Å². The Kier molecular flexibility index (Phi) is 7.17. The fraction of sp³-hybridized carbons (Fsp3) is 0.615. The molecule has 0 spiro atoms. The molecule has 2 fully saturated rings. The molecule has 3 N–H and O–H groups in total. The molecule has 2 saturated heterocycles. The number of likely N-dealkylation sites (tertiary alicyclic amines) is 2. The van der Waals surface area contributed by atoms with Crippen molar-refractivity contribution in [3.63, 3.8) is 0 Å². The van der Waals surface area contributed by atoms with Crippen molar-refractivity contribution in [2.45, 2.75) is 78.2 Å². The maximum absolute atomic E-state index is 13.4. The Hall–Kier alpha value is -2.94. The Bertz CT molecular complexity index is 1030. The number of carbonyl (C=O) groups excluding carboxylic acids is 2. The summed E-state index contributed by atoms with van der Waals surface area (Å²) in [7, 11) is 0. The van der Waals surface area contributed by atoms with Gasteiger partial charge in [0.05, 0.1) is 23.8 Å². The van der Waals surface area contributed by atoms with E-state index in [2.05, 4.69) is 27.8 Å². The summed E-state index contributed by atoms with van der Waals surface area (Å²) in [6, 6.07) is 9.45. The number of aromatic nitrogens is 3. The van der Waals surface area contributed by atoms with Gasteiger partial charge in [-0.05, 0) is 31.2 Å². The third-order valence-electron chi connectivity index (χ3n) is 7.13. The first-order valence-electron chi connectivity index (χ1n) is 12.6. The molecule has 9 nitrogen and oxygen atoms in total. The Morgan fingerprint density at radius 1 is 1.17 bits per heavy atom. The summed E-state index contributed by atoms with van der Waals surface area (Å²) in [6.45, 7) is 11.6. The number of nitrogens with two attached hydrogens (primary N) is 1. The van der Waals surface area contributed by atoms with Crippen LogP contribution in [-0.4, -0.2) is 74.0 Å². The average molecular weight is 482 g/mol. The normalized spacial score (nSPS) is 23.0. The van der Waals surface area contributed by atoms with Crippen LogP contribution >= 0.6 is 0 Å². The Morgan fingerprint density at radius 3 is 2.54 bits per heavy atom. The number of amides is 3. The van der Waals surface area contributed by atoms with Gasteiger partial charge in [0.25, 0.3) is 0 Å². The molecule has 4 atom stereocenters. The van der Waals surface area contributed by atoms with E-state index in [1.165, 1.54) is 5.56 Å². The van der Waals surface area contributed by atoms with Crippen molar-refractivity contribution < 1.29 is 9.59 Å². The second-order valence-electron chi connectivity index (χ2n) is 11.3. The van der Waals surface area contributed by atoms with E-state index in [0.29, 0.717) is 26.1 Å². The van der Waals surface area contributed by atoms with Gasteiger partial charge in [-0.1, -0.05) is 56.3 Å². The molecule has 0 aliphatic carbocycles. The van der Waals surface area contributed by atoms with Crippen LogP contribution in [-0.2, 0) is 17.8 Å². The first-order chi connectivity index (χ1) is 16.5. The van der Waals surface area contributed by atoms with Gasteiger partial charge in [0.15, 0.2) is 0 Å². The molecule has 2 aromatic rings. The summed E-state index contributed by atoms with van der Waals surface area (Å²) in [5.41, 5.74) is 8.12. The van der Waals surface area contributed by atoms with E-state index in [0.717, 1.165) is 12.1 Å². The summed E-state index contributed by atoms with van der Waals surface area (Å²) in [6.07, 6.45) is 3.44. The van der Waals surface area contributed by atoms with Gasteiger partial charge in [-0.15, -0.1) is 5.10 Å². The molecular weight excluding hydrogens is 442 g/mol. The lowest BCUT2D eigenvalue weighted by molar-refractivity contribution is -0.136. The van der Waals surface area contributed by atoms with E-state index < -0.39 is 6.04 Å². The number of hydrogen-bond acceptors (Lipinski definition) is 5. The molecule has 35 heavy (non-hydrogen) atoms. The fourth-order valence-electron chi connectivity index (χ4n) is 5.29. The van der Waals surface area contributed by atoms with Crippen LogP contribution in [0.25, 0.3) is 0 Å². The number of benzene rings is 1. The summed E-state index contributed by atoms with van der Waals surface area (Å²) in [5.74, 6) is 0.00674. The Balaban J connectivity index is 1.54. The van der Waals surface area contributed by atoms with Gasteiger partial charge in [0, 0.05) is 44.2 Å². The minimum absolute atomic E-state index is 0.0258. The highest BCUT2D eigenvalue weighted by molar-refractivity contribution is 5.84. The molecule has 1 aromatic heterocycles. The number of rotatable bonds is 6. The molecule has 0 saturated carbocycles. The minimum atomic E-state index is -0.593. The average Bonchev–Trinajstić information content (AvgIpc) is 3.49. The van der Waals surface area contributed by atoms with Crippen molar-refractivity contribution in [2.24, 2.45) is 17.1 Å². The molecule has 0 radical (unpaired) electrons. The molecule has 190 valence electrons. The molecule has 9 heteroatoms. The lowest BCUT2D eigenvalue weighted by Crippen LogP contribution is -2.54. The maximum Gasteiger partial charge on any atom is 0.317 e. The standard InChI is InChI=1S/C26H39N7O2/c1-17(2)28-25(35)33-15-19(14-31-16-20(29-30-31)13-18-9-7-6-8-10-18)22-21(33)11-12-32(22)24(34)23(27)26(3,4)5/h6-10,16-17,19,21-23H,11-15,27H2,1-5H3,(H,28,35)/t19-,21+,22?,23+/m0/s1.